The molecule has 0 saturated carbocycles. The van der Waals surface area contributed by atoms with Crippen molar-refractivity contribution in [1.82, 2.24) is 4.98 Å². The molecule has 0 amide bonds. The van der Waals surface area contributed by atoms with Crippen molar-refractivity contribution in [2.45, 2.75) is 20.0 Å². The molecule has 112 valence electrons. The summed E-state index contributed by atoms with van der Waals surface area (Å²) < 4.78 is 38.5. The molecule has 0 fully saturated rings. The molecule has 0 aliphatic rings. The fourth-order valence-electron chi connectivity index (χ4n) is 2.03. The number of alkyl halides is 3. The summed E-state index contributed by atoms with van der Waals surface area (Å²) in [6.45, 7) is 3.81. The number of hydrazine groups is 1. The maximum atomic E-state index is 12.8. The summed E-state index contributed by atoms with van der Waals surface area (Å²) in [5.74, 6) is 5.18. The smallest absolute Gasteiger partial charge is 0.340 e. The number of nitrogens with zero attached hydrogens (tertiary/aromatic N) is 1. The highest BCUT2D eigenvalue weighted by atomic mass is 19.4. The number of pyridine rings is 1. The Labute approximate surface area is 120 Å². The number of nitrogens with one attached hydrogen (secondary N) is 2. The topological polar surface area (TPSA) is 63.0 Å². The fraction of sp³-hybridized carbons (Fsp3) is 0.214. The second-order valence-electron chi connectivity index (χ2n) is 4.77. The van der Waals surface area contributed by atoms with Crippen LogP contribution < -0.4 is 16.6 Å². The molecule has 0 unspecified atom stereocenters. The fourth-order valence-corrected chi connectivity index (χ4v) is 2.03. The quantitative estimate of drug-likeness (QED) is 0.596. The molecule has 7 heteroatoms. The van der Waals surface area contributed by atoms with E-state index in [0.29, 0.717) is 5.69 Å². The summed E-state index contributed by atoms with van der Waals surface area (Å²) in [6.07, 6.45) is -4.46. The number of nitrogens with two attached hydrogens (primary N) is 1. The van der Waals surface area contributed by atoms with Crippen molar-refractivity contribution in [3.63, 3.8) is 0 Å². The molecule has 1 heterocycles. The average Bonchev–Trinajstić information content (AvgIpc) is 2.36. The van der Waals surface area contributed by atoms with Gasteiger partial charge in [0, 0.05) is 5.69 Å². The van der Waals surface area contributed by atoms with Gasteiger partial charge in [-0.25, -0.2) is 10.8 Å². The van der Waals surface area contributed by atoms with E-state index in [2.05, 4.69) is 15.7 Å². The summed E-state index contributed by atoms with van der Waals surface area (Å²) in [6, 6.07) is 7.41. The summed E-state index contributed by atoms with van der Waals surface area (Å²) in [5.41, 5.74) is 3.99. The molecule has 0 atom stereocenters. The van der Waals surface area contributed by atoms with E-state index in [-0.39, 0.29) is 11.6 Å². The van der Waals surface area contributed by atoms with Crippen LogP contribution in [0.5, 0.6) is 0 Å². The van der Waals surface area contributed by atoms with Gasteiger partial charge in [0.2, 0.25) is 0 Å². The summed E-state index contributed by atoms with van der Waals surface area (Å²) in [5, 5.41) is 2.87. The second kappa shape index (κ2) is 5.61. The number of halogens is 3. The van der Waals surface area contributed by atoms with Crippen LogP contribution >= 0.6 is 0 Å². The van der Waals surface area contributed by atoms with Crippen LogP contribution in [-0.4, -0.2) is 4.98 Å². The first-order valence-corrected chi connectivity index (χ1v) is 6.19. The van der Waals surface area contributed by atoms with Crippen molar-refractivity contribution in [2.75, 3.05) is 10.7 Å². The number of hydrogen-bond acceptors (Lipinski definition) is 4. The SMILES string of the molecule is Cc1cc(C)cc(Nc2cc(C(F)(F)F)cc(NN)n2)c1. The Hall–Kier alpha value is -2.28. The van der Waals surface area contributed by atoms with Crippen molar-refractivity contribution in [1.29, 1.82) is 0 Å². The van der Waals surface area contributed by atoms with E-state index in [1.165, 1.54) is 0 Å². The van der Waals surface area contributed by atoms with Gasteiger partial charge in [0.25, 0.3) is 0 Å². The van der Waals surface area contributed by atoms with Gasteiger partial charge in [-0.2, -0.15) is 13.2 Å². The van der Waals surface area contributed by atoms with Crippen molar-refractivity contribution < 1.29 is 13.2 Å². The Morgan fingerprint density at radius 2 is 1.52 bits per heavy atom. The van der Waals surface area contributed by atoms with Gasteiger partial charge >= 0.3 is 6.18 Å². The Morgan fingerprint density at radius 3 is 2.05 bits per heavy atom. The molecular weight excluding hydrogens is 281 g/mol. The highest BCUT2D eigenvalue weighted by Gasteiger charge is 2.31. The monoisotopic (exact) mass is 296 g/mol. The Balaban J connectivity index is 2.39. The average molecular weight is 296 g/mol. The zero-order valence-electron chi connectivity index (χ0n) is 11.5. The molecule has 4 N–H and O–H groups in total. The molecular formula is C14H15F3N4. The van der Waals surface area contributed by atoms with Gasteiger partial charge in [0.1, 0.15) is 11.6 Å². The molecule has 21 heavy (non-hydrogen) atoms. The first-order valence-electron chi connectivity index (χ1n) is 6.19. The lowest BCUT2D eigenvalue weighted by molar-refractivity contribution is -0.137. The van der Waals surface area contributed by atoms with Gasteiger partial charge in [-0.05, 0) is 49.2 Å². The molecule has 0 saturated heterocycles. The number of aromatic nitrogens is 1. The normalized spacial score (nSPS) is 11.3. The minimum absolute atomic E-state index is 0.0586. The second-order valence-corrected chi connectivity index (χ2v) is 4.77. The van der Waals surface area contributed by atoms with Crippen LogP contribution in [0.15, 0.2) is 30.3 Å². The number of hydrogen-bond donors (Lipinski definition) is 3. The molecule has 0 bridgehead atoms. The highest BCUT2D eigenvalue weighted by molar-refractivity contribution is 5.61. The van der Waals surface area contributed by atoms with Crippen LogP contribution in [0.4, 0.5) is 30.5 Å². The van der Waals surface area contributed by atoms with Gasteiger partial charge in [-0.15, -0.1) is 0 Å². The number of anilines is 3. The standard InChI is InChI=1S/C14H15F3N4/c1-8-3-9(2)5-11(4-8)19-12-6-10(14(15,16)17)7-13(20-12)21-18/h3-7H,18H2,1-2H3,(H2,19,20,21). The van der Waals surface area contributed by atoms with Crippen LogP contribution in [0.2, 0.25) is 0 Å². The van der Waals surface area contributed by atoms with E-state index in [1.807, 2.05) is 32.0 Å². The minimum Gasteiger partial charge on any atom is -0.340 e. The predicted octanol–water partition coefficient (Wildman–Crippen LogP) is 3.75. The van der Waals surface area contributed by atoms with E-state index >= 15 is 0 Å². The zero-order valence-corrected chi connectivity index (χ0v) is 11.5. The van der Waals surface area contributed by atoms with E-state index in [1.54, 1.807) is 0 Å². The van der Waals surface area contributed by atoms with E-state index in [4.69, 9.17) is 5.84 Å². The number of nitrogen functional groups attached to an aromatic ring is 1. The molecule has 0 aliphatic carbocycles. The Kier molecular flexibility index (Phi) is 4.04. The molecule has 1 aromatic heterocycles. The largest absolute Gasteiger partial charge is 0.416 e. The van der Waals surface area contributed by atoms with Crippen LogP contribution in [-0.2, 0) is 6.18 Å². The van der Waals surface area contributed by atoms with Gasteiger partial charge in [-0.1, -0.05) is 6.07 Å². The van der Waals surface area contributed by atoms with Gasteiger partial charge < -0.3 is 10.7 Å². The first kappa shape index (κ1) is 15.1. The molecule has 2 aromatic rings. The van der Waals surface area contributed by atoms with Crippen molar-refractivity contribution >= 4 is 17.3 Å². The van der Waals surface area contributed by atoms with Gasteiger partial charge in [-0.3, -0.25) is 0 Å². The van der Waals surface area contributed by atoms with Gasteiger partial charge in [0.15, 0.2) is 0 Å². The molecule has 0 aliphatic heterocycles. The first-order chi connectivity index (χ1) is 9.77. The van der Waals surface area contributed by atoms with Crippen LogP contribution in [0, 0.1) is 13.8 Å². The number of rotatable bonds is 3. The van der Waals surface area contributed by atoms with E-state index in [0.717, 1.165) is 23.3 Å². The third-order valence-electron chi connectivity index (χ3n) is 2.79. The van der Waals surface area contributed by atoms with E-state index in [9.17, 15) is 13.2 Å². The summed E-state index contributed by atoms with van der Waals surface area (Å²) >= 11 is 0. The molecule has 1 aromatic carbocycles. The number of benzene rings is 1. The van der Waals surface area contributed by atoms with E-state index < -0.39 is 11.7 Å². The maximum Gasteiger partial charge on any atom is 0.416 e. The van der Waals surface area contributed by atoms with Crippen LogP contribution in [0.25, 0.3) is 0 Å². The third kappa shape index (κ3) is 3.85. The molecule has 4 nitrogen and oxygen atoms in total. The highest BCUT2D eigenvalue weighted by Crippen LogP contribution is 2.32. The van der Waals surface area contributed by atoms with Crippen LogP contribution in [0.3, 0.4) is 0 Å². The van der Waals surface area contributed by atoms with Crippen molar-refractivity contribution in [2.24, 2.45) is 5.84 Å². The predicted molar refractivity (Wildman–Crippen MR) is 76.2 cm³/mol. The molecule has 2 rings (SSSR count). The minimum atomic E-state index is -4.46. The molecule has 0 radical (unpaired) electrons. The lowest BCUT2D eigenvalue weighted by Gasteiger charge is -2.13. The van der Waals surface area contributed by atoms with Gasteiger partial charge in [0.05, 0.1) is 5.56 Å². The third-order valence-corrected chi connectivity index (χ3v) is 2.79. The lowest BCUT2D eigenvalue weighted by Crippen LogP contribution is -2.13. The van der Waals surface area contributed by atoms with Crippen molar-refractivity contribution in [3.8, 4) is 0 Å². The lowest BCUT2D eigenvalue weighted by atomic mass is 10.1. The molecule has 0 spiro atoms. The van der Waals surface area contributed by atoms with Crippen molar-refractivity contribution in [3.05, 3.63) is 47.0 Å². The Bertz CT molecular complexity index is 633. The summed E-state index contributed by atoms with van der Waals surface area (Å²) in [7, 11) is 0. The number of aryl methyl sites for hydroxylation is 2. The maximum absolute atomic E-state index is 12.8. The summed E-state index contributed by atoms with van der Waals surface area (Å²) in [4.78, 5) is 3.97. The zero-order chi connectivity index (χ0) is 15.6. The Morgan fingerprint density at radius 1 is 0.952 bits per heavy atom. The van der Waals surface area contributed by atoms with Crippen LogP contribution in [0.1, 0.15) is 16.7 Å².